The number of nitrogens with two attached hydrogens (primary N) is 1. The zero-order valence-corrected chi connectivity index (χ0v) is 10.4. The Morgan fingerprint density at radius 3 is 2.75 bits per heavy atom. The lowest BCUT2D eigenvalue weighted by Crippen LogP contribution is -2.17. The minimum Gasteiger partial charge on any atom is -0.381 e. The molecule has 0 bridgehead atoms. The molecule has 1 unspecified atom stereocenters. The van der Waals surface area contributed by atoms with Crippen LogP contribution in [-0.2, 0) is 4.74 Å². The van der Waals surface area contributed by atoms with Gasteiger partial charge in [0, 0.05) is 12.5 Å². The average molecular weight is 248 g/mol. The zero-order valence-electron chi connectivity index (χ0n) is 9.55. The van der Waals surface area contributed by atoms with Crippen LogP contribution in [0.3, 0.4) is 0 Å². The van der Waals surface area contributed by atoms with Crippen LogP contribution in [0.5, 0.6) is 0 Å². The summed E-state index contributed by atoms with van der Waals surface area (Å²) in [4.78, 5) is 4.33. The van der Waals surface area contributed by atoms with Crippen LogP contribution in [0.1, 0.15) is 43.9 Å². The van der Waals surface area contributed by atoms with Crippen molar-refractivity contribution in [1.82, 2.24) is 10.1 Å². The van der Waals surface area contributed by atoms with Gasteiger partial charge in [0.1, 0.15) is 0 Å². The maximum Gasteiger partial charge on any atom is 0.243 e. The van der Waals surface area contributed by atoms with E-state index in [4.69, 9.17) is 15.0 Å². The van der Waals surface area contributed by atoms with Crippen molar-refractivity contribution in [2.24, 2.45) is 11.7 Å². The molecule has 16 heavy (non-hydrogen) atoms. The molecular formula is C10H18ClN3O2. The highest BCUT2D eigenvalue weighted by molar-refractivity contribution is 5.85. The van der Waals surface area contributed by atoms with E-state index in [1.807, 2.05) is 13.8 Å². The van der Waals surface area contributed by atoms with E-state index in [2.05, 4.69) is 10.1 Å². The lowest BCUT2D eigenvalue weighted by atomic mass is 10.1. The molecule has 5 nitrogen and oxygen atoms in total. The molecule has 92 valence electrons. The first kappa shape index (κ1) is 13.4. The number of aromatic nitrogens is 2. The van der Waals surface area contributed by atoms with Crippen LogP contribution >= 0.6 is 12.4 Å². The fraction of sp³-hybridized carbons (Fsp3) is 0.800. The maximum absolute atomic E-state index is 5.92. The third-order valence-electron chi connectivity index (χ3n) is 2.76. The van der Waals surface area contributed by atoms with Crippen molar-refractivity contribution in [3.63, 3.8) is 0 Å². The number of rotatable bonds is 3. The number of hydrogen-bond donors (Lipinski definition) is 1. The molecule has 0 amide bonds. The Bertz CT molecular complexity index is 307. The van der Waals surface area contributed by atoms with Crippen molar-refractivity contribution >= 4 is 12.4 Å². The van der Waals surface area contributed by atoms with Crippen LogP contribution in [-0.4, -0.2) is 23.4 Å². The van der Waals surface area contributed by atoms with Gasteiger partial charge >= 0.3 is 0 Å². The van der Waals surface area contributed by atoms with E-state index < -0.39 is 0 Å². The molecule has 1 aromatic heterocycles. The molecule has 1 aromatic rings. The van der Waals surface area contributed by atoms with Gasteiger partial charge in [-0.3, -0.25) is 0 Å². The quantitative estimate of drug-likeness (QED) is 0.879. The summed E-state index contributed by atoms with van der Waals surface area (Å²) in [5.41, 5.74) is 5.92. The summed E-state index contributed by atoms with van der Waals surface area (Å²) in [7, 11) is 0. The van der Waals surface area contributed by atoms with E-state index in [1.165, 1.54) is 0 Å². The molecule has 1 aliphatic rings. The summed E-state index contributed by atoms with van der Waals surface area (Å²) in [5, 5.41) is 3.96. The second kappa shape index (κ2) is 5.61. The Hall–Kier alpha value is -0.650. The smallest absolute Gasteiger partial charge is 0.243 e. The predicted octanol–water partition coefficient (Wildman–Crippen LogP) is 1.65. The highest BCUT2D eigenvalue weighted by Crippen LogP contribution is 2.24. The Morgan fingerprint density at radius 2 is 2.19 bits per heavy atom. The Kier molecular flexibility index (Phi) is 4.70. The van der Waals surface area contributed by atoms with Crippen LogP contribution in [0.15, 0.2) is 4.52 Å². The zero-order chi connectivity index (χ0) is 10.8. The van der Waals surface area contributed by atoms with Crippen LogP contribution < -0.4 is 5.73 Å². The van der Waals surface area contributed by atoms with Gasteiger partial charge in [-0.05, 0) is 12.3 Å². The van der Waals surface area contributed by atoms with Gasteiger partial charge < -0.3 is 15.0 Å². The summed E-state index contributed by atoms with van der Waals surface area (Å²) >= 11 is 0. The first-order valence-corrected chi connectivity index (χ1v) is 5.35. The van der Waals surface area contributed by atoms with E-state index in [1.54, 1.807) is 0 Å². The van der Waals surface area contributed by atoms with Crippen molar-refractivity contribution in [1.29, 1.82) is 0 Å². The predicted molar refractivity (Wildman–Crippen MR) is 61.5 cm³/mol. The van der Waals surface area contributed by atoms with Gasteiger partial charge in [-0.15, -0.1) is 12.4 Å². The Morgan fingerprint density at radius 1 is 1.44 bits per heavy atom. The second-order valence-corrected chi connectivity index (χ2v) is 4.32. The van der Waals surface area contributed by atoms with Gasteiger partial charge in [0.15, 0.2) is 5.82 Å². The number of hydrogen-bond acceptors (Lipinski definition) is 5. The van der Waals surface area contributed by atoms with Gasteiger partial charge in [-0.25, -0.2) is 0 Å². The molecule has 0 radical (unpaired) electrons. The van der Waals surface area contributed by atoms with E-state index in [-0.39, 0.29) is 24.4 Å². The number of halogens is 1. The lowest BCUT2D eigenvalue weighted by Gasteiger charge is -2.09. The molecule has 0 saturated carbocycles. The standard InChI is InChI=1S/C10H17N3O2.ClH/c1-6(2)8(11)10-12-9(13-15-10)7-3-4-14-5-7;/h6-8H,3-5,11H2,1-2H3;1H/t7?,8-;/m1./s1. The van der Waals surface area contributed by atoms with Crippen molar-refractivity contribution in [3.8, 4) is 0 Å². The SMILES string of the molecule is CC(C)[C@@H](N)c1nc(C2CCOC2)no1.Cl. The molecule has 2 heterocycles. The van der Waals surface area contributed by atoms with Crippen molar-refractivity contribution in [3.05, 3.63) is 11.7 Å². The highest BCUT2D eigenvalue weighted by atomic mass is 35.5. The van der Waals surface area contributed by atoms with Gasteiger partial charge in [0.05, 0.1) is 12.6 Å². The van der Waals surface area contributed by atoms with Gasteiger partial charge in [-0.2, -0.15) is 4.98 Å². The summed E-state index contributed by atoms with van der Waals surface area (Å²) < 4.78 is 10.4. The average Bonchev–Trinajstić information content (AvgIpc) is 2.86. The molecule has 2 rings (SSSR count). The first-order chi connectivity index (χ1) is 7.18. The minimum atomic E-state index is -0.173. The van der Waals surface area contributed by atoms with E-state index in [9.17, 15) is 0 Å². The van der Waals surface area contributed by atoms with Gasteiger partial charge in [-0.1, -0.05) is 19.0 Å². The summed E-state index contributed by atoms with van der Waals surface area (Å²) in [6.45, 7) is 5.54. The molecule has 1 fully saturated rings. The molecule has 0 aliphatic carbocycles. The third-order valence-corrected chi connectivity index (χ3v) is 2.76. The summed E-state index contributed by atoms with van der Waals surface area (Å²) in [6.07, 6.45) is 0.968. The third kappa shape index (κ3) is 2.72. The Labute approximate surface area is 101 Å². The van der Waals surface area contributed by atoms with Crippen LogP contribution in [0.25, 0.3) is 0 Å². The van der Waals surface area contributed by atoms with Crippen molar-refractivity contribution < 1.29 is 9.26 Å². The fourth-order valence-electron chi connectivity index (χ4n) is 1.57. The highest BCUT2D eigenvalue weighted by Gasteiger charge is 2.25. The maximum atomic E-state index is 5.92. The fourth-order valence-corrected chi connectivity index (χ4v) is 1.57. The topological polar surface area (TPSA) is 74.2 Å². The lowest BCUT2D eigenvalue weighted by molar-refractivity contribution is 0.192. The van der Waals surface area contributed by atoms with Gasteiger partial charge in [0.2, 0.25) is 5.89 Å². The summed E-state index contributed by atoms with van der Waals surface area (Å²) in [5.74, 6) is 1.85. The van der Waals surface area contributed by atoms with Crippen LogP contribution in [0.2, 0.25) is 0 Å². The largest absolute Gasteiger partial charge is 0.381 e. The van der Waals surface area contributed by atoms with Crippen LogP contribution in [0, 0.1) is 5.92 Å². The number of nitrogens with zero attached hydrogens (tertiary/aromatic N) is 2. The minimum absolute atomic E-state index is 0. The van der Waals surface area contributed by atoms with E-state index in [0.717, 1.165) is 18.9 Å². The Balaban J connectivity index is 0.00000128. The normalized spacial score (nSPS) is 22.1. The van der Waals surface area contributed by atoms with Crippen LogP contribution in [0.4, 0.5) is 0 Å². The first-order valence-electron chi connectivity index (χ1n) is 5.35. The molecule has 0 aromatic carbocycles. The molecule has 1 aliphatic heterocycles. The number of ether oxygens (including phenoxy) is 1. The van der Waals surface area contributed by atoms with Gasteiger partial charge in [0.25, 0.3) is 0 Å². The summed E-state index contributed by atoms with van der Waals surface area (Å²) in [6, 6.07) is -0.173. The molecule has 2 N–H and O–H groups in total. The van der Waals surface area contributed by atoms with E-state index in [0.29, 0.717) is 18.4 Å². The monoisotopic (exact) mass is 247 g/mol. The molecular weight excluding hydrogens is 230 g/mol. The second-order valence-electron chi connectivity index (χ2n) is 4.32. The molecule has 6 heteroatoms. The molecule has 0 spiro atoms. The molecule has 2 atom stereocenters. The van der Waals surface area contributed by atoms with E-state index >= 15 is 0 Å². The van der Waals surface area contributed by atoms with Crippen molar-refractivity contribution in [2.75, 3.05) is 13.2 Å². The molecule has 1 saturated heterocycles. The van der Waals surface area contributed by atoms with Crippen molar-refractivity contribution in [2.45, 2.75) is 32.2 Å².